The Balaban J connectivity index is 1.52. The summed E-state index contributed by atoms with van der Waals surface area (Å²) in [7, 11) is 1.70. The maximum atomic E-state index is 5.81. The number of benzene rings is 2. The van der Waals surface area contributed by atoms with Crippen molar-refractivity contribution < 1.29 is 9.15 Å². The Bertz CT molecular complexity index is 1050. The molecule has 0 saturated heterocycles. The fourth-order valence-corrected chi connectivity index (χ4v) is 3.85. The van der Waals surface area contributed by atoms with Crippen molar-refractivity contribution in [2.24, 2.45) is 0 Å². The number of hydrogen-bond donors (Lipinski definition) is 0. The lowest BCUT2D eigenvalue weighted by Crippen LogP contribution is -2.05. The van der Waals surface area contributed by atoms with Gasteiger partial charge in [0.1, 0.15) is 0 Å². The molecule has 27 heavy (non-hydrogen) atoms. The molecule has 2 aromatic carbocycles. The number of nitrogens with zero attached hydrogens (tertiary/aromatic N) is 4. The van der Waals surface area contributed by atoms with E-state index in [0.29, 0.717) is 24.1 Å². The minimum absolute atomic E-state index is 0.519. The normalized spacial score (nSPS) is 11.3. The summed E-state index contributed by atoms with van der Waals surface area (Å²) in [6, 6.07) is 15.9. The third-order valence-corrected chi connectivity index (χ3v) is 5.51. The summed E-state index contributed by atoms with van der Waals surface area (Å²) in [5.41, 5.74) is 2.96. The average molecular weight is 445 g/mol. The van der Waals surface area contributed by atoms with Gasteiger partial charge in [0.15, 0.2) is 5.16 Å². The van der Waals surface area contributed by atoms with Crippen molar-refractivity contribution in [1.82, 2.24) is 19.7 Å². The van der Waals surface area contributed by atoms with E-state index in [1.165, 1.54) is 0 Å². The van der Waals surface area contributed by atoms with Crippen molar-refractivity contribution in [3.8, 4) is 11.5 Å². The molecule has 0 spiro atoms. The predicted octanol–water partition coefficient (Wildman–Crippen LogP) is 4.79. The van der Waals surface area contributed by atoms with Crippen LogP contribution in [-0.2, 0) is 17.0 Å². The van der Waals surface area contributed by atoms with E-state index in [1.54, 1.807) is 18.9 Å². The first-order valence-electron chi connectivity index (χ1n) is 8.40. The van der Waals surface area contributed by atoms with Gasteiger partial charge in [-0.3, -0.25) is 0 Å². The molecule has 0 fully saturated rings. The van der Waals surface area contributed by atoms with Gasteiger partial charge in [0.25, 0.3) is 0 Å². The number of thioether (sulfide) groups is 1. The predicted molar refractivity (Wildman–Crippen MR) is 109 cm³/mol. The Morgan fingerprint density at radius 1 is 1.11 bits per heavy atom. The zero-order valence-corrected chi connectivity index (χ0v) is 17.0. The van der Waals surface area contributed by atoms with Gasteiger partial charge in [-0.2, -0.15) is 0 Å². The van der Waals surface area contributed by atoms with Crippen LogP contribution in [0.4, 0.5) is 0 Å². The Labute approximate surface area is 169 Å². The Kier molecular flexibility index (Phi) is 5.56. The number of hydrogen-bond acceptors (Lipinski definition) is 6. The summed E-state index contributed by atoms with van der Waals surface area (Å²) in [5.74, 6) is 1.65. The summed E-state index contributed by atoms with van der Waals surface area (Å²) < 4.78 is 14.2. The maximum Gasteiger partial charge on any atom is 0.247 e. The average Bonchev–Trinajstić information content (AvgIpc) is 3.30. The first-order chi connectivity index (χ1) is 13.2. The van der Waals surface area contributed by atoms with Gasteiger partial charge < -0.3 is 13.7 Å². The van der Waals surface area contributed by atoms with Crippen LogP contribution in [0.3, 0.4) is 0 Å². The highest BCUT2D eigenvalue weighted by Crippen LogP contribution is 2.28. The molecule has 2 aromatic heterocycles. The number of rotatable bonds is 7. The SMILES string of the molecule is COCCn1c(SCc2nnc(-c3ccc(Br)cc3)o2)nc2ccccc21. The Hall–Kier alpha value is -2.16. The van der Waals surface area contributed by atoms with Gasteiger partial charge >= 0.3 is 0 Å². The number of halogens is 1. The largest absolute Gasteiger partial charge is 0.420 e. The summed E-state index contributed by atoms with van der Waals surface area (Å²) in [6.07, 6.45) is 0. The second-order valence-electron chi connectivity index (χ2n) is 5.82. The number of ether oxygens (including phenoxy) is 1. The fraction of sp³-hybridized carbons (Fsp3) is 0.211. The molecule has 138 valence electrons. The highest BCUT2D eigenvalue weighted by atomic mass is 79.9. The summed E-state index contributed by atoms with van der Waals surface area (Å²) >= 11 is 5.00. The van der Waals surface area contributed by atoms with Gasteiger partial charge in [-0.1, -0.05) is 39.8 Å². The van der Waals surface area contributed by atoms with Crippen LogP contribution in [0.2, 0.25) is 0 Å². The van der Waals surface area contributed by atoms with Crippen molar-refractivity contribution in [3.63, 3.8) is 0 Å². The van der Waals surface area contributed by atoms with E-state index in [9.17, 15) is 0 Å². The zero-order valence-electron chi connectivity index (χ0n) is 14.6. The molecule has 0 bridgehead atoms. The number of aromatic nitrogens is 4. The van der Waals surface area contributed by atoms with Crippen LogP contribution < -0.4 is 0 Å². The highest BCUT2D eigenvalue weighted by Gasteiger charge is 2.14. The van der Waals surface area contributed by atoms with Crippen LogP contribution in [0.1, 0.15) is 5.89 Å². The minimum Gasteiger partial charge on any atom is -0.420 e. The van der Waals surface area contributed by atoms with Crippen molar-refractivity contribution >= 4 is 38.7 Å². The number of imidazole rings is 1. The molecule has 0 unspecified atom stereocenters. The van der Waals surface area contributed by atoms with E-state index in [4.69, 9.17) is 14.1 Å². The van der Waals surface area contributed by atoms with Gasteiger partial charge in [-0.05, 0) is 36.4 Å². The van der Waals surface area contributed by atoms with Gasteiger partial charge in [0.2, 0.25) is 11.8 Å². The monoisotopic (exact) mass is 444 g/mol. The number of para-hydroxylation sites is 2. The molecule has 0 aliphatic heterocycles. The highest BCUT2D eigenvalue weighted by molar-refractivity contribution is 9.10. The summed E-state index contributed by atoms with van der Waals surface area (Å²) in [4.78, 5) is 4.73. The summed E-state index contributed by atoms with van der Waals surface area (Å²) in [5, 5.41) is 9.23. The van der Waals surface area contributed by atoms with E-state index >= 15 is 0 Å². The van der Waals surface area contributed by atoms with Gasteiger partial charge in [-0.25, -0.2) is 4.98 Å². The van der Waals surface area contributed by atoms with Crippen LogP contribution in [0.5, 0.6) is 0 Å². The standard InChI is InChI=1S/C19H17BrN4O2S/c1-25-11-10-24-16-5-3-2-4-15(16)21-19(24)27-12-17-22-23-18(26-17)13-6-8-14(20)9-7-13/h2-9H,10-12H2,1H3. The first kappa shape index (κ1) is 18.2. The molecular weight excluding hydrogens is 428 g/mol. The number of methoxy groups -OCH3 is 1. The molecule has 6 nitrogen and oxygen atoms in total. The molecule has 0 amide bonds. The minimum atomic E-state index is 0.519. The molecule has 4 rings (SSSR count). The Morgan fingerprint density at radius 3 is 2.74 bits per heavy atom. The molecule has 4 aromatic rings. The van der Waals surface area contributed by atoms with Crippen LogP contribution in [-0.4, -0.2) is 33.5 Å². The van der Waals surface area contributed by atoms with Crippen LogP contribution in [0.15, 0.2) is 62.6 Å². The topological polar surface area (TPSA) is 66.0 Å². The molecule has 0 aliphatic carbocycles. The fourth-order valence-electron chi connectivity index (χ4n) is 2.71. The second kappa shape index (κ2) is 8.24. The van der Waals surface area contributed by atoms with Gasteiger partial charge in [0, 0.05) is 23.7 Å². The second-order valence-corrected chi connectivity index (χ2v) is 7.68. The van der Waals surface area contributed by atoms with E-state index in [2.05, 4.69) is 36.8 Å². The van der Waals surface area contributed by atoms with E-state index in [1.807, 2.05) is 42.5 Å². The van der Waals surface area contributed by atoms with Gasteiger partial charge in [0.05, 0.1) is 23.4 Å². The quantitative estimate of drug-likeness (QED) is 0.381. The number of fused-ring (bicyclic) bond motifs is 1. The zero-order chi connectivity index (χ0) is 18.6. The molecule has 0 aliphatic rings. The van der Waals surface area contributed by atoms with Crippen molar-refractivity contribution in [2.45, 2.75) is 17.5 Å². The third kappa shape index (κ3) is 4.07. The maximum absolute atomic E-state index is 5.81. The molecule has 0 radical (unpaired) electrons. The molecule has 0 atom stereocenters. The third-order valence-electron chi connectivity index (χ3n) is 4.02. The molecular formula is C19H17BrN4O2S. The van der Waals surface area contributed by atoms with E-state index < -0.39 is 0 Å². The lowest BCUT2D eigenvalue weighted by molar-refractivity contribution is 0.186. The first-order valence-corrected chi connectivity index (χ1v) is 10.2. The summed E-state index contributed by atoms with van der Waals surface area (Å²) in [6.45, 7) is 1.37. The van der Waals surface area contributed by atoms with Crippen LogP contribution >= 0.6 is 27.7 Å². The lowest BCUT2D eigenvalue weighted by atomic mass is 10.2. The van der Waals surface area contributed by atoms with Crippen LogP contribution in [0.25, 0.3) is 22.5 Å². The van der Waals surface area contributed by atoms with Crippen molar-refractivity contribution in [1.29, 1.82) is 0 Å². The molecule has 0 saturated carbocycles. The molecule has 8 heteroatoms. The van der Waals surface area contributed by atoms with Crippen molar-refractivity contribution in [3.05, 3.63) is 58.9 Å². The van der Waals surface area contributed by atoms with E-state index in [0.717, 1.165) is 32.8 Å². The lowest BCUT2D eigenvalue weighted by Gasteiger charge is -2.07. The molecule has 0 N–H and O–H groups in total. The van der Waals surface area contributed by atoms with Crippen molar-refractivity contribution in [2.75, 3.05) is 13.7 Å². The van der Waals surface area contributed by atoms with E-state index in [-0.39, 0.29) is 0 Å². The molecule has 2 heterocycles. The van der Waals surface area contributed by atoms with Crippen LogP contribution in [0, 0.1) is 0 Å². The van der Waals surface area contributed by atoms with Gasteiger partial charge in [-0.15, -0.1) is 10.2 Å². The Morgan fingerprint density at radius 2 is 1.93 bits per heavy atom. The smallest absolute Gasteiger partial charge is 0.247 e.